The van der Waals surface area contributed by atoms with E-state index in [0.29, 0.717) is 47.5 Å². The minimum absolute atomic E-state index is 0.0906. The van der Waals surface area contributed by atoms with Gasteiger partial charge in [0.1, 0.15) is 11.5 Å². The van der Waals surface area contributed by atoms with Crippen LogP contribution in [0.5, 0.6) is 11.5 Å². The number of allylic oxidation sites excluding steroid dienone is 1. The highest BCUT2D eigenvalue weighted by Gasteiger charge is 2.34. The van der Waals surface area contributed by atoms with Crippen LogP contribution in [-0.4, -0.2) is 29.4 Å². The van der Waals surface area contributed by atoms with Crippen molar-refractivity contribution in [1.82, 2.24) is 4.57 Å². The van der Waals surface area contributed by atoms with Gasteiger partial charge in [-0.15, -0.1) is 0 Å². The molecule has 10 heteroatoms. The molecule has 0 unspecified atom stereocenters. The molecule has 0 bridgehead atoms. The van der Waals surface area contributed by atoms with Crippen LogP contribution >= 0.6 is 49.9 Å². The number of rotatable bonds is 7. The number of fused-ring (bicyclic) bond motifs is 1. The summed E-state index contributed by atoms with van der Waals surface area (Å²) in [4.78, 5) is 32.3. The van der Waals surface area contributed by atoms with Gasteiger partial charge in [-0.1, -0.05) is 52.7 Å². The van der Waals surface area contributed by atoms with E-state index in [1.54, 1.807) is 32.2 Å². The smallest absolute Gasteiger partial charge is 0.338 e. The first kappa shape index (κ1) is 26.6. The maximum Gasteiger partial charge on any atom is 0.338 e. The van der Waals surface area contributed by atoms with Gasteiger partial charge in [-0.3, -0.25) is 9.36 Å². The van der Waals surface area contributed by atoms with Gasteiger partial charge in [0.05, 0.1) is 39.1 Å². The molecule has 2 heterocycles. The van der Waals surface area contributed by atoms with Crippen LogP contribution in [-0.2, 0) is 9.53 Å². The van der Waals surface area contributed by atoms with Gasteiger partial charge < -0.3 is 14.6 Å². The lowest BCUT2D eigenvalue weighted by Crippen LogP contribution is -2.40. The number of hydrogen-bond donors (Lipinski definition) is 1. The Labute approximate surface area is 234 Å². The standard InChI is InChI=1S/C26H24BrIN2O5S/c1-4-7-19-21(25(33)35-5-2)22(14-8-6-9-17(11-14)34-3)30-24(32)20(36-26(30)29-19)12-15-10-16(27)13-18(28)23(15)31/h6,8-13,22,31H,4-5,7H2,1-3H3/b20-12+/t22-/m1/s1. The SMILES string of the molecule is CCCC1=C(C(=O)OCC)[C@@H](c2cccc(OC)c2)n2c(s/c(=C/c3cc(Br)cc(I)c3O)c2=O)=N1. The molecule has 0 aliphatic carbocycles. The number of carbonyl (C=O) groups excluding carboxylic acids is 1. The second-order valence-electron chi connectivity index (χ2n) is 8.02. The molecule has 1 N–H and O–H groups in total. The first-order chi connectivity index (χ1) is 17.3. The molecule has 36 heavy (non-hydrogen) atoms. The number of phenols is 1. The molecule has 1 aliphatic heterocycles. The summed E-state index contributed by atoms with van der Waals surface area (Å²) in [7, 11) is 1.57. The lowest BCUT2D eigenvalue weighted by molar-refractivity contribution is -0.139. The summed E-state index contributed by atoms with van der Waals surface area (Å²) in [6, 6.07) is 10.1. The molecule has 0 spiro atoms. The van der Waals surface area contributed by atoms with E-state index in [2.05, 4.69) is 15.9 Å². The molecule has 4 rings (SSSR count). The summed E-state index contributed by atoms with van der Waals surface area (Å²) in [5, 5.41) is 10.6. The molecule has 0 amide bonds. The Morgan fingerprint density at radius 3 is 2.78 bits per heavy atom. The Morgan fingerprint density at radius 2 is 2.08 bits per heavy atom. The maximum atomic E-state index is 13.8. The highest BCUT2D eigenvalue weighted by molar-refractivity contribution is 14.1. The van der Waals surface area contributed by atoms with Crippen molar-refractivity contribution in [3.63, 3.8) is 0 Å². The number of carbonyl (C=O) groups is 1. The summed E-state index contributed by atoms with van der Waals surface area (Å²) in [6.45, 7) is 3.97. The van der Waals surface area contributed by atoms with Gasteiger partial charge in [0.25, 0.3) is 5.56 Å². The van der Waals surface area contributed by atoms with Crippen molar-refractivity contribution in [3.05, 3.63) is 86.5 Å². The van der Waals surface area contributed by atoms with E-state index in [0.717, 1.165) is 10.9 Å². The predicted molar refractivity (Wildman–Crippen MR) is 151 cm³/mol. The van der Waals surface area contributed by atoms with Crippen LogP contribution in [0.1, 0.15) is 43.9 Å². The zero-order valence-corrected chi connectivity index (χ0v) is 24.4. The monoisotopic (exact) mass is 682 g/mol. The van der Waals surface area contributed by atoms with Crippen molar-refractivity contribution in [1.29, 1.82) is 0 Å². The second-order valence-corrected chi connectivity index (χ2v) is 11.1. The predicted octanol–water partition coefficient (Wildman–Crippen LogP) is 4.66. The number of hydrogen-bond acceptors (Lipinski definition) is 7. The number of aromatic hydroxyl groups is 1. The summed E-state index contributed by atoms with van der Waals surface area (Å²) in [5.41, 5.74) is 1.88. The second kappa shape index (κ2) is 11.3. The number of benzene rings is 2. The average Bonchev–Trinajstić information content (AvgIpc) is 3.16. The molecule has 1 aromatic heterocycles. The minimum Gasteiger partial charge on any atom is -0.506 e. The molecular formula is C26H24BrIN2O5S. The third kappa shape index (κ3) is 5.16. The van der Waals surface area contributed by atoms with E-state index >= 15 is 0 Å². The topological polar surface area (TPSA) is 90.1 Å². The molecule has 0 radical (unpaired) electrons. The number of methoxy groups -OCH3 is 1. The zero-order chi connectivity index (χ0) is 26.0. The van der Waals surface area contributed by atoms with Gasteiger partial charge in [0.2, 0.25) is 0 Å². The first-order valence-electron chi connectivity index (χ1n) is 11.3. The molecular weight excluding hydrogens is 659 g/mol. The van der Waals surface area contributed by atoms with E-state index in [4.69, 9.17) is 14.5 Å². The van der Waals surface area contributed by atoms with Crippen LogP contribution in [0.25, 0.3) is 6.08 Å². The van der Waals surface area contributed by atoms with Gasteiger partial charge in [-0.2, -0.15) is 0 Å². The molecule has 1 aliphatic rings. The minimum atomic E-state index is -0.727. The fourth-order valence-electron chi connectivity index (χ4n) is 4.09. The number of ether oxygens (including phenoxy) is 2. The summed E-state index contributed by atoms with van der Waals surface area (Å²) in [5.74, 6) is 0.208. The van der Waals surface area contributed by atoms with E-state index in [1.807, 2.05) is 53.8 Å². The lowest BCUT2D eigenvalue weighted by atomic mass is 9.94. The number of nitrogens with zero attached hydrogens (tertiary/aromatic N) is 2. The fourth-order valence-corrected chi connectivity index (χ4v) is 6.65. The van der Waals surface area contributed by atoms with Gasteiger partial charge in [-0.25, -0.2) is 9.79 Å². The van der Waals surface area contributed by atoms with Crippen LogP contribution in [0.4, 0.5) is 0 Å². The molecule has 188 valence electrons. The van der Waals surface area contributed by atoms with Crippen molar-refractivity contribution in [2.45, 2.75) is 32.7 Å². The third-order valence-electron chi connectivity index (χ3n) is 5.65. The number of aromatic nitrogens is 1. The zero-order valence-electron chi connectivity index (χ0n) is 19.9. The van der Waals surface area contributed by atoms with Gasteiger partial charge in [-0.05, 0) is 71.8 Å². The van der Waals surface area contributed by atoms with E-state index in [-0.39, 0.29) is 17.9 Å². The van der Waals surface area contributed by atoms with Crippen LogP contribution in [0.3, 0.4) is 0 Å². The Balaban J connectivity index is 2.03. The van der Waals surface area contributed by atoms with Gasteiger partial charge in [0.15, 0.2) is 4.80 Å². The largest absolute Gasteiger partial charge is 0.506 e. The molecule has 1 atom stereocenters. The molecule has 7 nitrogen and oxygen atoms in total. The van der Waals surface area contributed by atoms with Crippen LogP contribution in [0, 0.1) is 3.57 Å². The van der Waals surface area contributed by atoms with E-state index < -0.39 is 12.0 Å². The number of phenolic OH excluding ortho intramolecular Hbond substituents is 1. The van der Waals surface area contributed by atoms with Gasteiger partial charge in [0, 0.05) is 10.0 Å². The Morgan fingerprint density at radius 1 is 1.31 bits per heavy atom. The van der Waals surface area contributed by atoms with Crippen molar-refractivity contribution in [3.8, 4) is 11.5 Å². The normalized spacial score (nSPS) is 15.5. The number of thiazole rings is 1. The Bertz CT molecular complexity index is 1540. The molecule has 0 saturated carbocycles. The Hall–Kier alpha value is -2.44. The highest BCUT2D eigenvalue weighted by Crippen LogP contribution is 2.34. The van der Waals surface area contributed by atoms with Crippen LogP contribution in [0.2, 0.25) is 0 Å². The summed E-state index contributed by atoms with van der Waals surface area (Å²) in [6.07, 6.45) is 2.98. The summed E-state index contributed by atoms with van der Waals surface area (Å²) >= 11 is 6.72. The summed E-state index contributed by atoms with van der Waals surface area (Å²) < 4.78 is 14.2. The molecule has 2 aromatic carbocycles. The Kier molecular flexibility index (Phi) is 8.36. The third-order valence-corrected chi connectivity index (χ3v) is 7.91. The number of halogens is 2. The van der Waals surface area contributed by atoms with Crippen molar-refractivity contribution in [2.75, 3.05) is 13.7 Å². The van der Waals surface area contributed by atoms with E-state index in [1.165, 1.54) is 15.9 Å². The van der Waals surface area contributed by atoms with Crippen molar-refractivity contribution in [2.24, 2.45) is 4.99 Å². The van der Waals surface area contributed by atoms with Crippen LogP contribution in [0.15, 0.2) is 61.9 Å². The maximum absolute atomic E-state index is 13.8. The quantitative estimate of drug-likeness (QED) is 0.289. The van der Waals surface area contributed by atoms with Crippen LogP contribution < -0.4 is 19.6 Å². The fraction of sp³-hybridized carbons (Fsp3) is 0.269. The number of esters is 1. The first-order valence-corrected chi connectivity index (χ1v) is 14.0. The average molecular weight is 683 g/mol. The van der Waals surface area contributed by atoms with Crippen molar-refractivity contribution >= 4 is 61.9 Å². The van der Waals surface area contributed by atoms with Crippen molar-refractivity contribution < 1.29 is 19.4 Å². The van der Waals surface area contributed by atoms with E-state index in [9.17, 15) is 14.7 Å². The molecule has 0 saturated heterocycles. The lowest BCUT2D eigenvalue weighted by Gasteiger charge is -2.26. The highest BCUT2D eigenvalue weighted by atomic mass is 127. The molecule has 0 fully saturated rings. The van der Waals surface area contributed by atoms with Gasteiger partial charge >= 0.3 is 5.97 Å². The molecule has 3 aromatic rings.